The maximum atomic E-state index is 10.6. The molecule has 0 spiro atoms. The van der Waals surface area contributed by atoms with E-state index in [1.807, 2.05) is 6.92 Å². The highest BCUT2D eigenvalue weighted by Crippen LogP contribution is 2.12. The van der Waals surface area contributed by atoms with Crippen LogP contribution in [0.5, 0.6) is 0 Å². The van der Waals surface area contributed by atoms with Crippen molar-refractivity contribution in [2.75, 3.05) is 0 Å². The van der Waals surface area contributed by atoms with Crippen molar-refractivity contribution in [3.63, 3.8) is 0 Å². The Labute approximate surface area is 103 Å². The number of benzene rings is 1. The van der Waals surface area contributed by atoms with Crippen LogP contribution >= 0.6 is 0 Å². The van der Waals surface area contributed by atoms with Crippen LogP contribution in [0.1, 0.15) is 38.0 Å². The first-order valence-electron chi connectivity index (χ1n) is 4.76. The fourth-order valence-corrected chi connectivity index (χ4v) is 1.04. The van der Waals surface area contributed by atoms with Crippen LogP contribution in [0.2, 0.25) is 0 Å². The minimum Gasteiger partial charge on any atom is -0.478 e. The minimum absolute atomic E-state index is 0.266. The van der Waals surface area contributed by atoms with E-state index in [-0.39, 0.29) is 5.56 Å². The van der Waals surface area contributed by atoms with Crippen molar-refractivity contribution in [2.45, 2.75) is 6.92 Å². The maximum absolute atomic E-state index is 10.6. The molecule has 0 radical (unpaired) electrons. The molecule has 0 fully saturated rings. The summed E-state index contributed by atoms with van der Waals surface area (Å²) in [6.45, 7) is 5.25. The molecule has 18 heavy (non-hydrogen) atoms. The summed E-state index contributed by atoms with van der Waals surface area (Å²) in [5.41, 5.74) is -1.24. The number of carboxylic acids is 3. The molecule has 1 aromatic rings. The van der Waals surface area contributed by atoms with Gasteiger partial charge < -0.3 is 15.3 Å². The fourth-order valence-electron chi connectivity index (χ4n) is 1.04. The largest absolute Gasteiger partial charge is 0.478 e. The lowest BCUT2D eigenvalue weighted by Gasteiger charge is -2.02. The summed E-state index contributed by atoms with van der Waals surface area (Å²) in [6, 6.07) is 2.81. The van der Waals surface area contributed by atoms with E-state index in [0.29, 0.717) is 0 Å². The van der Waals surface area contributed by atoms with E-state index in [2.05, 4.69) is 6.58 Å². The van der Waals surface area contributed by atoms with Crippen LogP contribution in [0.3, 0.4) is 0 Å². The van der Waals surface area contributed by atoms with E-state index in [1.54, 1.807) is 6.08 Å². The Morgan fingerprint density at radius 2 is 1.44 bits per heavy atom. The van der Waals surface area contributed by atoms with E-state index < -0.39 is 29.0 Å². The second-order valence-corrected chi connectivity index (χ2v) is 3.08. The van der Waals surface area contributed by atoms with E-state index in [0.717, 1.165) is 18.2 Å². The highest BCUT2D eigenvalue weighted by atomic mass is 16.4. The molecule has 0 aliphatic rings. The fraction of sp³-hybridized carbons (Fsp3) is 0.0833. The van der Waals surface area contributed by atoms with Gasteiger partial charge in [0.15, 0.2) is 0 Å². The molecule has 96 valence electrons. The van der Waals surface area contributed by atoms with Gasteiger partial charge in [-0.3, -0.25) is 0 Å². The van der Waals surface area contributed by atoms with Crippen molar-refractivity contribution in [2.24, 2.45) is 0 Å². The zero-order valence-electron chi connectivity index (χ0n) is 9.58. The molecule has 0 aromatic heterocycles. The van der Waals surface area contributed by atoms with E-state index in [1.165, 1.54) is 0 Å². The number of aromatic carboxylic acids is 3. The first kappa shape index (κ1) is 15.4. The van der Waals surface area contributed by atoms with Gasteiger partial charge in [-0.2, -0.15) is 0 Å². The van der Waals surface area contributed by atoms with Gasteiger partial charge in [-0.15, -0.1) is 6.58 Å². The monoisotopic (exact) mass is 252 g/mol. The summed E-state index contributed by atoms with van der Waals surface area (Å²) in [5, 5.41) is 25.9. The molecule has 1 rings (SSSR count). The van der Waals surface area contributed by atoms with Crippen molar-refractivity contribution < 1.29 is 29.7 Å². The Morgan fingerprint density at radius 3 is 1.78 bits per heavy atom. The van der Waals surface area contributed by atoms with Crippen molar-refractivity contribution in [3.8, 4) is 0 Å². The number of carbonyl (C=O) groups is 3. The van der Waals surface area contributed by atoms with E-state index in [9.17, 15) is 14.4 Å². The highest BCUT2D eigenvalue weighted by molar-refractivity contribution is 6.03. The van der Waals surface area contributed by atoms with Gasteiger partial charge in [-0.25, -0.2) is 14.4 Å². The van der Waals surface area contributed by atoms with Gasteiger partial charge in [-0.05, 0) is 25.1 Å². The van der Waals surface area contributed by atoms with Crippen molar-refractivity contribution in [1.82, 2.24) is 0 Å². The lowest BCUT2D eigenvalue weighted by molar-refractivity contribution is 0.0649. The smallest absolute Gasteiger partial charge is 0.336 e. The second kappa shape index (κ2) is 6.85. The number of hydrogen-bond donors (Lipinski definition) is 3. The first-order chi connectivity index (χ1) is 8.34. The van der Waals surface area contributed by atoms with Gasteiger partial charge in [0.1, 0.15) is 0 Å². The summed E-state index contributed by atoms with van der Waals surface area (Å²) < 4.78 is 0. The molecule has 0 aliphatic carbocycles. The predicted octanol–water partition coefficient (Wildman–Crippen LogP) is 1.97. The summed E-state index contributed by atoms with van der Waals surface area (Å²) in [4.78, 5) is 31.8. The Morgan fingerprint density at radius 1 is 1.00 bits per heavy atom. The minimum atomic E-state index is -1.48. The maximum Gasteiger partial charge on any atom is 0.336 e. The first-order valence-corrected chi connectivity index (χ1v) is 4.76. The van der Waals surface area contributed by atoms with E-state index >= 15 is 0 Å². The Bertz CT molecular complexity index is 489. The van der Waals surface area contributed by atoms with Gasteiger partial charge >= 0.3 is 17.9 Å². The molecule has 0 atom stereocenters. The van der Waals surface area contributed by atoms with Crippen LogP contribution in [0.4, 0.5) is 0 Å². The molecular formula is C12H12O6. The van der Waals surface area contributed by atoms with Crippen LogP contribution < -0.4 is 0 Å². The molecule has 0 aliphatic heterocycles. The second-order valence-electron chi connectivity index (χ2n) is 3.08. The quantitative estimate of drug-likeness (QED) is 0.709. The van der Waals surface area contributed by atoms with Gasteiger partial charge in [0.25, 0.3) is 0 Å². The molecule has 6 nitrogen and oxygen atoms in total. The molecule has 0 saturated heterocycles. The number of carboxylic acid groups (broad SMARTS) is 3. The predicted molar refractivity (Wildman–Crippen MR) is 63.2 cm³/mol. The molecular weight excluding hydrogens is 240 g/mol. The van der Waals surface area contributed by atoms with Crippen LogP contribution in [-0.2, 0) is 0 Å². The molecule has 6 heteroatoms. The Balaban J connectivity index is 0.000000873. The lowest BCUT2D eigenvalue weighted by Crippen LogP contribution is -2.10. The average Bonchev–Trinajstić information content (AvgIpc) is 2.28. The van der Waals surface area contributed by atoms with Crippen molar-refractivity contribution in [3.05, 3.63) is 47.5 Å². The third-order valence-electron chi connectivity index (χ3n) is 1.73. The molecule has 0 amide bonds. The number of hydrogen-bond acceptors (Lipinski definition) is 3. The number of allylic oxidation sites excluding steroid dienone is 1. The summed E-state index contributed by atoms with van der Waals surface area (Å²) in [7, 11) is 0. The summed E-state index contributed by atoms with van der Waals surface area (Å²) in [5.74, 6) is -4.20. The van der Waals surface area contributed by atoms with Gasteiger partial charge in [0.05, 0.1) is 16.7 Å². The van der Waals surface area contributed by atoms with Crippen LogP contribution in [-0.4, -0.2) is 33.2 Å². The summed E-state index contributed by atoms with van der Waals surface area (Å²) >= 11 is 0. The SMILES string of the molecule is C=CC.O=C(O)c1ccc(C(=O)O)c(C(=O)O)c1. The zero-order chi connectivity index (χ0) is 14.3. The normalized spacial score (nSPS) is 8.72. The van der Waals surface area contributed by atoms with Gasteiger partial charge in [0.2, 0.25) is 0 Å². The lowest BCUT2D eigenvalue weighted by atomic mass is 10.0. The zero-order valence-corrected chi connectivity index (χ0v) is 9.58. The molecule has 1 aromatic carbocycles. The molecule has 0 heterocycles. The van der Waals surface area contributed by atoms with Crippen LogP contribution in [0.15, 0.2) is 30.9 Å². The third kappa shape index (κ3) is 4.09. The van der Waals surface area contributed by atoms with Crippen LogP contribution in [0, 0.1) is 0 Å². The highest BCUT2D eigenvalue weighted by Gasteiger charge is 2.17. The Hall–Kier alpha value is -2.63. The van der Waals surface area contributed by atoms with E-state index in [4.69, 9.17) is 15.3 Å². The molecule has 0 bridgehead atoms. The number of rotatable bonds is 3. The van der Waals surface area contributed by atoms with Crippen LogP contribution in [0.25, 0.3) is 0 Å². The third-order valence-corrected chi connectivity index (χ3v) is 1.73. The topological polar surface area (TPSA) is 112 Å². The van der Waals surface area contributed by atoms with Crippen molar-refractivity contribution in [1.29, 1.82) is 0 Å². The van der Waals surface area contributed by atoms with Crippen molar-refractivity contribution >= 4 is 17.9 Å². The molecule has 0 unspecified atom stereocenters. The van der Waals surface area contributed by atoms with Gasteiger partial charge in [0, 0.05) is 0 Å². The average molecular weight is 252 g/mol. The standard InChI is InChI=1S/C9H6O6.C3H6/c10-7(11)4-1-2-5(8(12)13)6(3-4)9(14)15;1-3-2/h1-3H,(H,10,11)(H,12,13)(H,14,15);3H,1H2,2H3. The molecule has 0 saturated carbocycles. The molecule has 3 N–H and O–H groups in total. The van der Waals surface area contributed by atoms with Gasteiger partial charge in [-0.1, -0.05) is 6.08 Å². The summed E-state index contributed by atoms with van der Waals surface area (Å²) in [6.07, 6.45) is 1.75. The Kier molecular flexibility index (Phi) is 5.85.